The fraction of sp³-hybridized carbons (Fsp3) is 0.304. The van der Waals surface area contributed by atoms with Gasteiger partial charge in [0.15, 0.2) is 5.96 Å². The molecule has 2 aromatic carbocycles. The Labute approximate surface area is 175 Å². The molecule has 30 heavy (non-hydrogen) atoms. The van der Waals surface area contributed by atoms with E-state index in [-0.39, 0.29) is 12.3 Å². The summed E-state index contributed by atoms with van der Waals surface area (Å²) in [5, 5.41) is 16.9. The maximum atomic E-state index is 11.5. The summed E-state index contributed by atoms with van der Waals surface area (Å²) in [7, 11) is 0. The number of rotatable bonds is 9. The molecule has 3 aromatic rings. The number of aromatic amines is 1. The van der Waals surface area contributed by atoms with Crippen LogP contribution in [0.2, 0.25) is 0 Å². The second-order valence-corrected chi connectivity index (χ2v) is 7.30. The van der Waals surface area contributed by atoms with Gasteiger partial charge in [-0.1, -0.05) is 30.3 Å². The summed E-state index contributed by atoms with van der Waals surface area (Å²) in [6.45, 7) is 3.13. The number of guanidine groups is 1. The van der Waals surface area contributed by atoms with Crippen molar-refractivity contribution in [2.75, 3.05) is 26.2 Å². The fourth-order valence-corrected chi connectivity index (χ4v) is 3.76. The molecule has 4 N–H and O–H groups in total. The molecular weight excluding hydrogens is 380 g/mol. The Morgan fingerprint density at radius 3 is 2.87 bits per heavy atom. The van der Waals surface area contributed by atoms with Crippen molar-refractivity contribution in [2.24, 2.45) is 4.99 Å². The Morgan fingerprint density at radius 2 is 2.10 bits per heavy atom. The number of carbonyl (C=O) groups is 1. The minimum absolute atomic E-state index is 0.0440. The molecule has 1 atom stereocenters. The first-order chi connectivity index (χ1) is 14.7. The molecule has 0 radical (unpaired) electrons. The Morgan fingerprint density at radius 1 is 1.23 bits per heavy atom. The van der Waals surface area contributed by atoms with Gasteiger partial charge in [-0.05, 0) is 29.7 Å². The molecule has 0 saturated carbocycles. The number of aliphatic imine (C=N–C) groups is 1. The Hall–Kier alpha value is -3.48. The summed E-state index contributed by atoms with van der Waals surface area (Å²) < 4.78 is 5.88. The first kappa shape index (κ1) is 19.8. The number of aliphatic carboxylic acids is 1. The monoisotopic (exact) mass is 406 g/mol. The molecule has 0 bridgehead atoms. The smallest absolute Gasteiger partial charge is 0.304 e. The number of H-pyrrole nitrogens is 1. The molecule has 1 aliphatic heterocycles. The van der Waals surface area contributed by atoms with Crippen molar-refractivity contribution in [3.8, 4) is 5.75 Å². The molecule has 2 heterocycles. The van der Waals surface area contributed by atoms with Gasteiger partial charge in [0.25, 0.3) is 0 Å². The minimum Gasteiger partial charge on any atom is -0.493 e. The van der Waals surface area contributed by atoms with Gasteiger partial charge in [-0.2, -0.15) is 0 Å². The van der Waals surface area contributed by atoms with Crippen LogP contribution in [0.3, 0.4) is 0 Å². The summed E-state index contributed by atoms with van der Waals surface area (Å²) in [5.74, 6) is 0.638. The van der Waals surface area contributed by atoms with Crippen molar-refractivity contribution in [1.29, 1.82) is 0 Å². The SMILES string of the molecule is O=C(O)CC(c1ccccc1)c1c[nH]c2cc(OCCCNC3=NCCN3)ccc12. The third kappa shape index (κ3) is 4.74. The molecule has 1 aliphatic rings. The summed E-state index contributed by atoms with van der Waals surface area (Å²) in [6, 6.07) is 15.7. The maximum absolute atomic E-state index is 11.5. The van der Waals surface area contributed by atoms with Crippen LogP contribution in [0.15, 0.2) is 59.7 Å². The number of carboxylic acid groups (broad SMARTS) is 1. The number of ether oxygens (including phenoxy) is 1. The predicted molar refractivity (Wildman–Crippen MR) is 117 cm³/mol. The van der Waals surface area contributed by atoms with Crippen molar-refractivity contribution in [3.63, 3.8) is 0 Å². The molecule has 7 heteroatoms. The number of nitrogens with zero attached hydrogens (tertiary/aromatic N) is 1. The topological polar surface area (TPSA) is 98.7 Å². The summed E-state index contributed by atoms with van der Waals surface area (Å²) in [4.78, 5) is 19.1. The quantitative estimate of drug-likeness (QED) is 0.409. The van der Waals surface area contributed by atoms with Crippen molar-refractivity contribution < 1.29 is 14.6 Å². The average molecular weight is 406 g/mol. The van der Waals surface area contributed by atoms with Gasteiger partial charge >= 0.3 is 5.97 Å². The van der Waals surface area contributed by atoms with Gasteiger partial charge in [-0.3, -0.25) is 9.79 Å². The van der Waals surface area contributed by atoms with Gasteiger partial charge < -0.3 is 25.5 Å². The van der Waals surface area contributed by atoms with Crippen LogP contribution in [0.5, 0.6) is 5.75 Å². The number of benzene rings is 2. The Balaban J connectivity index is 1.42. The third-order valence-electron chi connectivity index (χ3n) is 5.20. The molecule has 0 saturated heterocycles. The number of hydrogen-bond acceptors (Lipinski definition) is 5. The highest BCUT2D eigenvalue weighted by Gasteiger charge is 2.21. The highest BCUT2D eigenvalue weighted by Crippen LogP contribution is 2.34. The van der Waals surface area contributed by atoms with E-state index < -0.39 is 5.97 Å². The minimum atomic E-state index is -0.814. The van der Waals surface area contributed by atoms with Gasteiger partial charge in [0.05, 0.1) is 19.6 Å². The van der Waals surface area contributed by atoms with E-state index in [0.717, 1.165) is 59.8 Å². The van der Waals surface area contributed by atoms with Crippen molar-refractivity contribution >= 4 is 22.8 Å². The molecule has 7 nitrogen and oxygen atoms in total. The summed E-state index contributed by atoms with van der Waals surface area (Å²) in [6.07, 6.45) is 2.82. The van der Waals surface area contributed by atoms with E-state index in [1.165, 1.54) is 0 Å². The van der Waals surface area contributed by atoms with Crippen LogP contribution in [0.4, 0.5) is 0 Å². The molecule has 4 rings (SSSR count). The molecule has 1 unspecified atom stereocenters. The van der Waals surface area contributed by atoms with E-state index >= 15 is 0 Å². The number of fused-ring (bicyclic) bond motifs is 1. The molecule has 0 spiro atoms. The zero-order valence-electron chi connectivity index (χ0n) is 16.7. The first-order valence-corrected chi connectivity index (χ1v) is 10.2. The zero-order chi connectivity index (χ0) is 20.8. The molecule has 0 amide bonds. The number of carboxylic acids is 1. The van der Waals surface area contributed by atoms with Gasteiger partial charge in [-0.15, -0.1) is 0 Å². The molecular formula is C23H26N4O3. The van der Waals surface area contributed by atoms with Crippen molar-refractivity contribution in [3.05, 3.63) is 65.9 Å². The van der Waals surface area contributed by atoms with Crippen LogP contribution in [0, 0.1) is 0 Å². The summed E-state index contributed by atoms with van der Waals surface area (Å²) in [5.41, 5.74) is 2.92. The van der Waals surface area contributed by atoms with E-state index in [4.69, 9.17) is 4.74 Å². The highest BCUT2D eigenvalue weighted by atomic mass is 16.5. The summed E-state index contributed by atoms with van der Waals surface area (Å²) >= 11 is 0. The van der Waals surface area contributed by atoms with Crippen molar-refractivity contribution in [2.45, 2.75) is 18.8 Å². The predicted octanol–water partition coefficient (Wildman–Crippen LogP) is 3.09. The Kier molecular flexibility index (Phi) is 6.17. The fourth-order valence-electron chi connectivity index (χ4n) is 3.76. The van der Waals surface area contributed by atoms with Gasteiger partial charge in [0, 0.05) is 42.2 Å². The second kappa shape index (κ2) is 9.35. The number of hydrogen-bond donors (Lipinski definition) is 4. The van der Waals surface area contributed by atoms with Gasteiger partial charge in [-0.25, -0.2) is 0 Å². The van der Waals surface area contributed by atoms with Crippen molar-refractivity contribution in [1.82, 2.24) is 15.6 Å². The molecule has 0 aliphatic carbocycles. The molecule has 0 fully saturated rings. The lowest BCUT2D eigenvalue weighted by Gasteiger charge is -2.15. The largest absolute Gasteiger partial charge is 0.493 e. The lowest BCUT2D eigenvalue weighted by atomic mass is 9.88. The first-order valence-electron chi connectivity index (χ1n) is 10.2. The second-order valence-electron chi connectivity index (χ2n) is 7.30. The third-order valence-corrected chi connectivity index (χ3v) is 5.20. The normalized spacial score (nSPS) is 14.2. The standard InChI is InChI=1S/C23H26N4O3/c28-22(29)14-19(16-5-2-1-3-6-16)20-15-27-21-13-17(7-8-18(20)21)30-12-4-9-24-23-25-10-11-26-23/h1-3,5-8,13,15,19,27H,4,9-12,14H2,(H,28,29)(H2,24,25,26). The van der Waals surface area contributed by atoms with Crippen LogP contribution in [0.25, 0.3) is 10.9 Å². The molecule has 1 aromatic heterocycles. The van der Waals surface area contributed by atoms with Crippen LogP contribution in [0.1, 0.15) is 29.9 Å². The molecule has 156 valence electrons. The van der Waals surface area contributed by atoms with E-state index in [0.29, 0.717) is 6.61 Å². The van der Waals surface area contributed by atoms with Crippen LogP contribution in [-0.2, 0) is 4.79 Å². The lowest BCUT2D eigenvalue weighted by Crippen LogP contribution is -2.34. The van der Waals surface area contributed by atoms with E-state index in [1.807, 2.05) is 54.7 Å². The van der Waals surface area contributed by atoms with Crippen LogP contribution >= 0.6 is 0 Å². The van der Waals surface area contributed by atoms with Crippen LogP contribution in [-0.4, -0.2) is 48.3 Å². The van der Waals surface area contributed by atoms with Gasteiger partial charge in [0.2, 0.25) is 0 Å². The number of nitrogens with one attached hydrogen (secondary N) is 3. The van der Waals surface area contributed by atoms with Gasteiger partial charge in [0.1, 0.15) is 5.75 Å². The average Bonchev–Trinajstić information content (AvgIpc) is 3.42. The number of aromatic nitrogens is 1. The lowest BCUT2D eigenvalue weighted by molar-refractivity contribution is -0.137. The Bertz CT molecular complexity index is 1030. The van der Waals surface area contributed by atoms with E-state index in [2.05, 4.69) is 20.6 Å². The van der Waals surface area contributed by atoms with E-state index in [1.54, 1.807) is 0 Å². The maximum Gasteiger partial charge on any atom is 0.304 e. The zero-order valence-corrected chi connectivity index (χ0v) is 16.7. The van der Waals surface area contributed by atoms with Crippen LogP contribution < -0.4 is 15.4 Å². The van der Waals surface area contributed by atoms with E-state index in [9.17, 15) is 9.90 Å². The highest BCUT2D eigenvalue weighted by molar-refractivity contribution is 5.86.